The van der Waals surface area contributed by atoms with Gasteiger partial charge in [0.2, 0.25) is 0 Å². The lowest BCUT2D eigenvalue weighted by molar-refractivity contribution is 0.242. The van der Waals surface area contributed by atoms with Gasteiger partial charge in [-0.15, -0.1) is 11.3 Å². The Hall–Kier alpha value is -2.96. The van der Waals surface area contributed by atoms with Gasteiger partial charge in [-0.1, -0.05) is 42.5 Å². The van der Waals surface area contributed by atoms with Crippen molar-refractivity contribution in [2.45, 2.75) is 25.4 Å². The summed E-state index contributed by atoms with van der Waals surface area (Å²) in [4.78, 5) is 24.8. The SMILES string of the molecule is COc1cccc(C2CCCN2Cc2nc3sc(-c4ccccc4)cc3c(=O)[nH]2)c1. The topological polar surface area (TPSA) is 58.2 Å². The molecule has 30 heavy (non-hydrogen) atoms. The van der Waals surface area contributed by atoms with E-state index in [4.69, 9.17) is 9.72 Å². The van der Waals surface area contributed by atoms with Crippen molar-refractivity contribution in [3.05, 3.63) is 82.4 Å². The molecule has 0 saturated carbocycles. The number of H-pyrrole nitrogens is 1. The minimum atomic E-state index is -0.0643. The Labute approximate surface area is 179 Å². The molecule has 0 bridgehead atoms. The summed E-state index contributed by atoms with van der Waals surface area (Å²) in [6.07, 6.45) is 2.22. The Morgan fingerprint density at radius 1 is 1.17 bits per heavy atom. The predicted molar refractivity (Wildman–Crippen MR) is 121 cm³/mol. The molecule has 5 rings (SSSR count). The van der Waals surface area contributed by atoms with E-state index in [-0.39, 0.29) is 5.56 Å². The molecule has 1 aliphatic rings. The van der Waals surface area contributed by atoms with Crippen molar-refractivity contribution in [2.24, 2.45) is 0 Å². The van der Waals surface area contributed by atoms with Gasteiger partial charge in [0.15, 0.2) is 0 Å². The number of ether oxygens (including phenoxy) is 1. The van der Waals surface area contributed by atoms with Crippen molar-refractivity contribution in [1.82, 2.24) is 14.9 Å². The van der Waals surface area contributed by atoms with Gasteiger partial charge in [0.05, 0.1) is 19.0 Å². The third-order valence-electron chi connectivity index (χ3n) is 5.70. The highest BCUT2D eigenvalue weighted by atomic mass is 32.1. The van der Waals surface area contributed by atoms with E-state index >= 15 is 0 Å². The highest BCUT2D eigenvalue weighted by Crippen LogP contribution is 2.35. The fourth-order valence-electron chi connectivity index (χ4n) is 4.23. The maximum absolute atomic E-state index is 12.7. The number of rotatable bonds is 5. The number of fused-ring (bicyclic) bond motifs is 1. The lowest BCUT2D eigenvalue weighted by atomic mass is 10.0. The Morgan fingerprint density at radius 3 is 2.87 bits per heavy atom. The monoisotopic (exact) mass is 417 g/mol. The van der Waals surface area contributed by atoms with Crippen LogP contribution in [0.2, 0.25) is 0 Å². The van der Waals surface area contributed by atoms with Crippen molar-refractivity contribution < 1.29 is 4.74 Å². The highest BCUT2D eigenvalue weighted by molar-refractivity contribution is 7.21. The fraction of sp³-hybridized carbons (Fsp3) is 0.250. The zero-order valence-electron chi connectivity index (χ0n) is 16.8. The maximum Gasteiger partial charge on any atom is 0.259 e. The summed E-state index contributed by atoms with van der Waals surface area (Å²) >= 11 is 1.57. The van der Waals surface area contributed by atoms with Crippen LogP contribution in [0.15, 0.2) is 65.5 Å². The van der Waals surface area contributed by atoms with Crippen LogP contribution in [0.5, 0.6) is 5.75 Å². The van der Waals surface area contributed by atoms with E-state index in [1.165, 1.54) is 5.56 Å². The number of nitrogens with zero attached hydrogens (tertiary/aromatic N) is 2. The summed E-state index contributed by atoms with van der Waals surface area (Å²) in [6, 6.07) is 20.6. The van der Waals surface area contributed by atoms with E-state index in [1.54, 1.807) is 18.4 Å². The molecule has 1 atom stereocenters. The van der Waals surface area contributed by atoms with E-state index in [9.17, 15) is 4.79 Å². The molecule has 2 aromatic heterocycles. The summed E-state index contributed by atoms with van der Waals surface area (Å²) in [5, 5.41) is 0.661. The Kier molecular flexibility index (Phi) is 5.11. The van der Waals surface area contributed by atoms with Gasteiger partial charge >= 0.3 is 0 Å². The van der Waals surface area contributed by atoms with Crippen molar-refractivity contribution >= 4 is 21.6 Å². The van der Waals surface area contributed by atoms with E-state index in [0.717, 1.165) is 46.2 Å². The van der Waals surface area contributed by atoms with Crippen LogP contribution in [-0.2, 0) is 6.54 Å². The number of hydrogen-bond acceptors (Lipinski definition) is 5. The normalized spacial score (nSPS) is 16.9. The molecule has 152 valence electrons. The van der Waals surface area contributed by atoms with E-state index in [1.807, 2.05) is 36.4 Å². The molecule has 1 N–H and O–H groups in total. The number of aromatic nitrogens is 2. The van der Waals surface area contributed by atoms with Gasteiger partial charge < -0.3 is 9.72 Å². The van der Waals surface area contributed by atoms with Crippen LogP contribution in [0.25, 0.3) is 20.7 Å². The van der Waals surface area contributed by atoms with Gasteiger partial charge in [-0.2, -0.15) is 0 Å². The molecule has 4 aromatic rings. The molecule has 1 unspecified atom stereocenters. The zero-order chi connectivity index (χ0) is 20.5. The molecule has 1 fully saturated rings. The predicted octanol–water partition coefficient (Wildman–Crippen LogP) is 5.00. The molecule has 3 heterocycles. The number of benzene rings is 2. The van der Waals surface area contributed by atoms with Gasteiger partial charge in [0, 0.05) is 10.9 Å². The molecule has 1 aliphatic heterocycles. The molecular weight excluding hydrogens is 394 g/mol. The minimum Gasteiger partial charge on any atom is -0.497 e. The van der Waals surface area contributed by atoms with Gasteiger partial charge in [0.25, 0.3) is 5.56 Å². The quantitative estimate of drug-likeness (QED) is 0.497. The molecule has 2 aromatic carbocycles. The van der Waals surface area contributed by atoms with Crippen LogP contribution in [0.3, 0.4) is 0 Å². The largest absolute Gasteiger partial charge is 0.497 e. The lowest BCUT2D eigenvalue weighted by Crippen LogP contribution is -2.25. The molecular formula is C24H23N3O2S. The van der Waals surface area contributed by atoms with Crippen LogP contribution in [0.1, 0.15) is 30.3 Å². The van der Waals surface area contributed by atoms with Crippen LogP contribution in [-0.4, -0.2) is 28.5 Å². The Morgan fingerprint density at radius 2 is 2.03 bits per heavy atom. The van der Waals surface area contributed by atoms with Crippen molar-refractivity contribution in [2.75, 3.05) is 13.7 Å². The molecule has 0 spiro atoms. The number of methoxy groups -OCH3 is 1. The van der Waals surface area contributed by atoms with E-state index in [0.29, 0.717) is 18.0 Å². The first-order valence-electron chi connectivity index (χ1n) is 10.2. The number of hydrogen-bond donors (Lipinski definition) is 1. The molecule has 0 amide bonds. The second kappa shape index (κ2) is 8.05. The Bertz CT molecular complexity index is 1230. The first-order chi connectivity index (χ1) is 14.7. The van der Waals surface area contributed by atoms with Crippen molar-refractivity contribution in [1.29, 1.82) is 0 Å². The number of aromatic amines is 1. The first-order valence-corrected chi connectivity index (χ1v) is 11.0. The van der Waals surface area contributed by atoms with Gasteiger partial charge in [-0.3, -0.25) is 9.69 Å². The fourth-order valence-corrected chi connectivity index (χ4v) is 5.29. The van der Waals surface area contributed by atoms with Gasteiger partial charge in [0.1, 0.15) is 16.4 Å². The number of nitrogens with one attached hydrogen (secondary N) is 1. The Balaban J connectivity index is 1.44. The average molecular weight is 418 g/mol. The molecule has 1 saturated heterocycles. The standard InChI is InChI=1S/C24H23N3O2S/c1-29-18-10-5-9-17(13-18)20-11-6-12-27(20)15-22-25-23(28)19-14-21(30-24(19)26-22)16-7-3-2-4-8-16/h2-5,7-10,13-14,20H,6,11-12,15H2,1H3,(H,25,26,28). The van der Waals surface area contributed by atoms with E-state index in [2.05, 4.69) is 34.1 Å². The summed E-state index contributed by atoms with van der Waals surface area (Å²) in [7, 11) is 1.69. The van der Waals surface area contributed by atoms with Crippen molar-refractivity contribution in [3.8, 4) is 16.2 Å². The van der Waals surface area contributed by atoms with Crippen LogP contribution in [0, 0.1) is 0 Å². The smallest absolute Gasteiger partial charge is 0.259 e. The summed E-state index contributed by atoms with van der Waals surface area (Å²) in [6.45, 7) is 1.62. The third kappa shape index (κ3) is 3.64. The van der Waals surface area contributed by atoms with E-state index < -0.39 is 0 Å². The van der Waals surface area contributed by atoms with Gasteiger partial charge in [-0.25, -0.2) is 4.98 Å². The summed E-state index contributed by atoms with van der Waals surface area (Å²) in [5.41, 5.74) is 2.29. The number of likely N-dealkylation sites (tertiary alicyclic amines) is 1. The first kappa shape index (κ1) is 19.0. The summed E-state index contributed by atoms with van der Waals surface area (Å²) < 4.78 is 5.39. The van der Waals surface area contributed by atoms with Crippen LogP contribution >= 0.6 is 11.3 Å². The second-order valence-electron chi connectivity index (χ2n) is 7.61. The summed E-state index contributed by atoms with van der Waals surface area (Å²) in [5.74, 6) is 1.60. The zero-order valence-corrected chi connectivity index (χ0v) is 17.6. The maximum atomic E-state index is 12.7. The molecule has 6 heteroatoms. The second-order valence-corrected chi connectivity index (χ2v) is 8.64. The minimum absolute atomic E-state index is 0.0643. The van der Waals surface area contributed by atoms with Crippen LogP contribution < -0.4 is 10.3 Å². The van der Waals surface area contributed by atoms with Gasteiger partial charge in [-0.05, 0) is 48.7 Å². The highest BCUT2D eigenvalue weighted by Gasteiger charge is 2.27. The molecule has 0 radical (unpaired) electrons. The van der Waals surface area contributed by atoms with Crippen molar-refractivity contribution in [3.63, 3.8) is 0 Å². The average Bonchev–Trinajstić information content (AvgIpc) is 3.42. The lowest BCUT2D eigenvalue weighted by Gasteiger charge is -2.24. The molecule has 0 aliphatic carbocycles. The van der Waals surface area contributed by atoms with Crippen LogP contribution in [0.4, 0.5) is 0 Å². The molecule has 5 nitrogen and oxygen atoms in total. The third-order valence-corrected chi connectivity index (χ3v) is 6.78. The number of thiophene rings is 1.